The summed E-state index contributed by atoms with van der Waals surface area (Å²) in [5, 5.41) is 3.08. The van der Waals surface area contributed by atoms with Gasteiger partial charge in [0, 0.05) is 18.0 Å². The third kappa shape index (κ3) is 4.42. The Balaban J connectivity index is 2.11. The minimum Gasteiger partial charge on any atom is -0.480 e. The highest BCUT2D eigenvalue weighted by molar-refractivity contribution is 6.31. The van der Waals surface area contributed by atoms with E-state index in [1.54, 1.807) is 24.3 Å². The molecule has 0 bridgehead atoms. The number of nitrogens with one attached hydrogen (secondary N) is 1. The fraction of sp³-hybridized carbons (Fsp3) is 0.263. The molecule has 1 aromatic carbocycles. The van der Waals surface area contributed by atoms with Gasteiger partial charge < -0.3 is 10.1 Å². The smallest absolute Gasteiger partial charge is 0.416 e. The minimum atomic E-state index is -4.46. The molecular formula is C19H16ClF3N2O2. The van der Waals surface area contributed by atoms with E-state index in [-0.39, 0.29) is 17.8 Å². The summed E-state index contributed by atoms with van der Waals surface area (Å²) in [5.74, 6) is 0.0730. The van der Waals surface area contributed by atoms with Crippen LogP contribution in [0.4, 0.5) is 13.2 Å². The van der Waals surface area contributed by atoms with Gasteiger partial charge in [0.05, 0.1) is 18.4 Å². The van der Waals surface area contributed by atoms with Gasteiger partial charge in [-0.05, 0) is 36.2 Å². The topological polar surface area (TPSA) is 51.2 Å². The average molecular weight is 397 g/mol. The highest BCUT2D eigenvalue weighted by Gasteiger charge is 2.31. The number of pyridine rings is 1. The Labute approximate surface area is 159 Å². The number of methoxy groups -OCH3 is 1. The Bertz CT molecular complexity index is 897. The number of carbonyl (C=O) groups excluding carboxylic acids is 1. The lowest BCUT2D eigenvalue weighted by Crippen LogP contribution is -2.23. The Hall–Kier alpha value is -2.54. The number of alkyl halides is 3. The predicted octanol–water partition coefficient (Wildman–Crippen LogP) is 4.47. The van der Waals surface area contributed by atoms with Gasteiger partial charge in [-0.2, -0.15) is 13.2 Å². The molecule has 27 heavy (non-hydrogen) atoms. The maximum Gasteiger partial charge on any atom is 0.416 e. The Morgan fingerprint density at radius 3 is 2.74 bits per heavy atom. The van der Waals surface area contributed by atoms with Gasteiger partial charge in [0.1, 0.15) is 5.02 Å². The van der Waals surface area contributed by atoms with Crippen LogP contribution in [-0.4, -0.2) is 24.0 Å². The highest BCUT2D eigenvalue weighted by atomic mass is 35.5. The van der Waals surface area contributed by atoms with Gasteiger partial charge in [0.2, 0.25) is 11.8 Å². The van der Waals surface area contributed by atoms with Crippen molar-refractivity contribution in [1.82, 2.24) is 10.3 Å². The number of nitrogens with zero attached hydrogens (tertiary/aromatic N) is 1. The molecule has 1 amide bonds. The summed E-state index contributed by atoms with van der Waals surface area (Å²) >= 11 is 6.01. The van der Waals surface area contributed by atoms with Crippen molar-refractivity contribution in [2.24, 2.45) is 0 Å². The number of hydrogen-bond acceptors (Lipinski definition) is 3. The largest absolute Gasteiger partial charge is 0.480 e. The molecule has 1 N–H and O–H groups in total. The minimum absolute atomic E-state index is 0.0960. The van der Waals surface area contributed by atoms with E-state index in [4.69, 9.17) is 16.3 Å². The number of benzene rings is 1. The molecule has 1 aromatic heterocycles. The van der Waals surface area contributed by atoms with Crippen LogP contribution in [0.3, 0.4) is 0 Å². The molecule has 1 fully saturated rings. The zero-order chi connectivity index (χ0) is 19.6. The molecule has 0 radical (unpaired) electrons. The van der Waals surface area contributed by atoms with Gasteiger partial charge in [-0.1, -0.05) is 29.8 Å². The first kappa shape index (κ1) is 19.2. The summed E-state index contributed by atoms with van der Waals surface area (Å²) < 4.78 is 44.5. The van der Waals surface area contributed by atoms with Gasteiger partial charge in [-0.3, -0.25) is 4.79 Å². The Morgan fingerprint density at radius 2 is 2.11 bits per heavy atom. The number of amides is 1. The van der Waals surface area contributed by atoms with Gasteiger partial charge in [-0.15, -0.1) is 0 Å². The lowest BCUT2D eigenvalue weighted by Gasteiger charge is -2.15. The van der Waals surface area contributed by atoms with Crippen molar-refractivity contribution < 1.29 is 22.7 Å². The standard InChI is InChI=1S/C19H16ClF3N2O2/c1-27-18-15(20)6-7-16(25-18)14(10-13-5-8-17(26)24-13)11-3-2-4-12(9-11)19(21,22)23/h2-4,6-7,9-10,13H,5,8H2,1H3,(H,24,26)/b14-10+/t13-/m1/s1. The van der Waals surface area contributed by atoms with Gasteiger partial charge in [0.15, 0.2) is 0 Å². The number of aromatic nitrogens is 1. The lowest BCUT2D eigenvalue weighted by atomic mass is 9.97. The molecule has 1 aliphatic heterocycles. The molecule has 142 valence electrons. The molecule has 1 atom stereocenters. The first-order chi connectivity index (χ1) is 12.8. The summed E-state index contributed by atoms with van der Waals surface area (Å²) in [4.78, 5) is 15.8. The van der Waals surface area contributed by atoms with Crippen LogP contribution >= 0.6 is 11.6 Å². The Kier molecular flexibility index (Phi) is 5.41. The molecule has 2 heterocycles. The number of hydrogen-bond donors (Lipinski definition) is 1. The van der Waals surface area contributed by atoms with Crippen LogP contribution in [0, 0.1) is 0 Å². The maximum atomic E-state index is 13.1. The second-order valence-electron chi connectivity index (χ2n) is 6.06. The summed E-state index contributed by atoms with van der Waals surface area (Å²) in [7, 11) is 1.41. The van der Waals surface area contributed by atoms with Crippen LogP contribution in [0.5, 0.6) is 5.88 Å². The van der Waals surface area contributed by atoms with E-state index < -0.39 is 11.7 Å². The van der Waals surface area contributed by atoms with E-state index in [1.165, 1.54) is 13.2 Å². The van der Waals surface area contributed by atoms with Gasteiger partial charge in [-0.25, -0.2) is 4.98 Å². The average Bonchev–Trinajstić information content (AvgIpc) is 3.05. The predicted molar refractivity (Wildman–Crippen MR) is 95.5 cm³/mol. The second kappa shape index (κ2) is 7.60. The van der Waals surface area contributed by atoms with E-state index in [0.29, 0.717) is 34.7 Å². The van der Waals surface area contributed by atoms with Crippen molar-refractivity contribution in [3.63, 3.8) is 0 Å². The van der Waals surface area contributed by atoms with Crippen LogP contribution in [0.25, 0.3) is 5.57 Å². The molecule has 2 aromatic rings. The van der Waals surface area contributed by atoms with Crippen molar-refractivity contribution >= 4 is 23.1 Å². The van der Waals surface area contributed by atoms with Crippen LogP contribution in [0.2, 0.25) is 5.02 Å². The molecule has 0 aliphatic carbocycles. The van der Waals surface area contributed by atoms with Crippen molar-refractivity contribution in [2.45, 2.75) is 25.1 Å². The van der Waals surface area contributed by atoms with E-state index in [9.17, 15) is 18.0 Å². The number of carbonyl (C=O) groups is 1. The van der Waals surface area contributed by atoms with Crippen molar-refractivity contribution in [3.05, 3.63) is 64.3 Å². The molecular weight excluding hydrogens is 381 g/mol. The molecule has 1 aliphatic rings. The third-order valence-corrected chi connectivity index (χ3v) is 4.47. The van der Waals surface area contributed by atoms with Crippen LogP contribution < -0.4 is 10.1 Å². The van der Waals surface area contributed by atoms with Gasteiger partial charge >= 0.3 is 6.18 Å². The monoisotopic (exact) mass is 396 g/mol. The Morgan fingerprint density at radius 1 is 1.33 bits per heavy atom. The molecule has 1 saturated heterocycles. The van der Waals surface area contributed by atoms with Crippen molar-refractivity contribution in [1.29, 1.82) is 0 Å². The molecule has 0 spiro atoms. The van der Waals surface area contributed by atoms with Gasteiger partial charge in [0.25, 0.3) is 0 Å². The van der Waals surface area contributed by atoms with Crippen LogP contribution in [0.1, 0.15) is 29.7 Å². The molecule has 0 saturated carbocycles. The van der Waals surface area contributed by atoms with Crippen molar-refractivity contribution in [3.8, 4) is 5.88 Å². The maximum absolute atomic E-state index is 13.1. The first-order valence-corrected chi connectivity index (χ1v) is 8.55. The third-order valence-electron chi connectivity index (χ3n) is 4.18. The molecule has 4 nitrogen and oxygen atoms in total. The summed E-state index contributed by atoms with van der Waals surface area (Å²) in [6.45, 7) is 0. The quantitative estimate of drug-likeness (QED) is 0.829. The highest BCUT2D eigenvalue weighted by Crippen LogP contribution is 2.34. The van der Waals surface area contributed by atoms with Crippen LogP contribution in [0.15, 0.2) is 42.5 Å². The molecule has 8 heteroatoms. The summed E-state index contributed by atoms with van der Waals surface area (Å²) in [6, 6.07) is 7.86. The lowest BCUT2D eigenvalue weighted by molar-refractivity contribution is -0.137. The number of ether oxygens (including phenoxy) is 1. The zero-order valence-electron chi connectivity index (χ0n) is 14.3. The zero-order valence-corrected chi connectivity index (χ0v) is 15.1. The number of halogens is 4. The number of rotatable bonds is 4. The molecule has 3 rings (SSSR count). The second-order valence-corrected chi connectivity index (χ2v) is 6.47. The van der Waals surface area contributed by atoms with E-state index in [1.807, 2.05) is 0 Å². The van der Waals surface area contributed by atoms with Crippen molar-refractivity contribution in [2.75, 3.05) is 7.11 Å². The van der Waals surface area contributed by atoms with E-state index in [0.717, 1.165) is 12.1 Å². The van der Waals surface area contributed by atoms with E-state index in [2.05, 4.69) is 10.3 Å². The molecule has 0 unspecified atom stereocenters. The SMILES string of the molecule is COc1nc(/C(=C/[C@H]2CCC(=O)N2)c2cccc(C(F)(F)F)c2)ccc1Cl. The fourth-order valence-corrected chi connectivity index (χ4v) is 3.06. The van der Waals surface area contributed by atoms with E-state index >= 15 is 0 Å². The summed E-state index contributed by atoms with van der Waals surface area (Å²) in [6.07, 6.45) is -1.82. The first-order valence-electron chi connectivity index (χ1n) is 8.17. The summed E-state index contributed by atoms with van der Waals surface area (Å²) in [5.41, 5.74) is 0.435. The normalized spacial score (nSPS) is 17.7. The fourth-order valence-electron chi connectivity index (χ4n) is 2.87. The van der Waals surface area contributed by atoms with Crippen LogP contribution in [-0.2, 0) is 11.0 Å².